The van der Waals surface area contributed by atoms with Crippen molar-refractivity contribution >= 4 is 50.9 Å². The molecular weight excluding hydrogens is 394 g/mol. The van der Waals surface area contributed by atoms with Gasteiger partial charge in [-0.3, -0.25) is 9.69 Å². The van der Waals surface area contributed by atoms with Crippen LogP contribution in [0.25, 0.3) is 11.1 Å². The molecular formula is C20H17N3O3S2. The van der Waals surface area contributed by atoms with E-state index in [0.29, 0.717) is 27.5 Å². The lowest BCUT2D eigenvalue weighted by atomic mass is 10.2. The molecule has 8 heteroatoms. The van der Waals surface area contributed by atoms with E-state index in [1.807, 2.05) is 53.9 Å². The van der Waals surface area contributed by atoms with Gasteiger partial charge >= 0.3 is 0 Å². The molecule has 0 atom stereocenters. The lowest BCUT2D eigenvalue weighted by Crippen LogP contribution is -2.23. The number of oxazole rings is 1. The summed E-state index contributed by atoms with van der Waals surface area (Å²) in [6, 6.07) is 15.1. The van der Waals surface area contributed by atoms with Crippen LogP contribution >= 0.6 is 23.1 Å². The summed E-state index contributed by atoms with van der Waals surface area (Å²) in [6.45, 7) is 1.51. The van der Waals surface area contributed by atoms with Gasteiger partial charge in [0.2, 0.25) is 5.91 Å². The summed E-state index contributed by atoms with van der Waals surface area (Å²) >= 11 is 2.89. The topological polar surface area (TPSA) is 68.5 Å². The van der Waals surface area contributed by atoms with Gasteiger partial charge in [-0.05, 0) is 24.3 Å². The first-order chi connectivity index (χ1) is 13.7. The molecule has 0 aliphatic rings. The van der Waals surface area contributed by atoms with Crippen molar-refractivity contribution in [1.82, 2.24) is 9.97 Å². The third-order valence-electron chi connectivity index (χ3n) is 3.99. The van der Waals surface area contributed by atoms with Gasteiger partial charge in [-0.2, -0.15) is 0 Å². The quantitative estimate of drug-likeness (QED) is 0.403. The van der Waals surface area contributed by atoms with Crippen LogP contribution in [0.1, 0.15) is 12.6 Å². The van der Waals surface area contributed by atoms with Crippen LogP contribution in [-0.4, -0.2) is 23.0 Å². The number of hydrogen-bond donors (Lipinski definition) is 0. The SMILES string of the molecule is COc1ccccc1N(C(C)=O)c1nc(CSc2nc3ccccc3o2)cs1. The van der Waals surface area contributed by atoms with Gasteiger partial charge in [-0.1, -0.05) is 36.0 Å². The monoisotopic (exact) mass is 411 g/mol. The van der Waals surface area contributed by atoms with Crippen molar-refractivity contribution in [2.75, 3.05) is 12.0 Å². The maximum absolute atomic E-state index is 12.3. The summed E-state index contributed by atoms with van der Waals surface area (Å²) in [5, 5.41) is 3.14. The normalized spacial score (nSPS) is 10.9. The molecule has 28 heavy (non-hydrogen) atoms. The molecule has 4 aromatic rings. The Morgan fingerprint density at radius 1 is 1.18 bits per heavy atom. The first-order valence-corrected chi connectivity index (χ1v) is 10.4. The minimum absolute atomic E-state index is 0.128. The number of fused-ring (bicyclic) bond motifs is 1. The molecule has 0 spiro atoms. The number of amides is 1. The van der Waals surface area contributed by atoms with E-state index in [-0.39, 0.29) is 5.91 Å². The number of para-hydroxylation sites is 4. The number of methoxy groups -OCH3 is 1. The third-order valence-corrected chi connectivity index (χ3v) is 5.73. The average molecular weight is 412 g/mol. The number of thioether (sulfide) groups is 1. The summed E-state index contributed by atoms with van der Waals surface area (Å²) in [5.74, 6) is 1.09. The van der Waals surface area contributed by atoms with Crippen molar-refractivity contribution in [3.05, 3.63) is 59.6 Å². The molecule has 2 aromatic heterocycles. The zero-order valence-corrected chi connectivity index (χ0v) is 16.9. The van der Waals surface area contributed by atoms with Crippen molar-refractivity contribution < 1.29 is 13.9 Å². The van der Waals surface area contributed by atoms with Crippen molar-refractivity contribution in [3.8, 4) is 5.75 Å². The average Bonchev–Trinajstić information content (AvgIpc) is 3.33. The summed E-state index contributed by atoms with van der Waals surface area (Å²) in [6.07, 6.45) is 0. The Bertz CT molecular complexity index is 1090. The summed E-state index contributed by atoms with van der Waals surface area (Å²) in [7, 11) is 1.58. The molecule has 0 saturated carbocycles. The van der Waals surface area contributed by atoms with Gasteiger partial charge in [0.15, 0.2) is 10.7 Å². The highest BCUT2D eigenvalue weighted by Crippen LogP contribution is 2.36. The molecule has 0 fully saturated rings. The zero-order valence-electron chi connectivity index (χ0n) is 15.3. The number of anilines is 2. The van der Waals surface area contributed by atoms with Crippen LogP contribution in [0.4, 0.5) is 10.8 Å². The van der Waals surface area contributed by atoms with E-state index >= 15 is 0 Å². The van der Waals surface area contributed by atoms with Gasteiger partial charge in [0.05, 0.1) is 18.5 Å². The van der Waals surface area contributed by atoms with E-state index < -0.39 is 0 Å². The molecule has 0 N–H and O–H groups in total. The van der Waals surface area contributed by atoms with Crippen LogP contribution in [0.2, 0.25) is 0 Å². The van der Waals surface area contributed by atoms with Crippen molar-refractivity contribution in [2.45, 2.75) is 17.9 Å². The second-order valence-electron chi connectivity index (χ2n) is 5.88. The van der Waals surface area contributed by atoms with E-state index in [1.165, 1.54) is 30.0 Å². The Labute approximate surface area is 170 Å². The Hall–Kier alpha value is -2.84. The molecule has 0 unspecified atom stereocenters. The molecule has 0 saturated heterocycles. The number of nitrogens with zero attached hydrogens (tertiary/aromatic N) is 3. The van der Waals surface area contributed by atoms with Crippen molar-refractivity contribution in [2.24, 2.45) is 0 Å². The van der Waals surface area contributed by atoms with Crippen LogP contribution in [0.3, 0.4) is 0 Å². The van der Waals surface area contributed by atoms with Gasteiger partial charge in [-0.25, -0.2) is 9.97 Å². The van der Waals surface area contributed by atoms with Gasteiger partial charge in [0, 0.05) is 18.1 Å². The molecule has 142 valence electrons. The predicted molar refractivity (Wildman–Crippen MR) is 111 cm³/mol. The van der Waals surface area contributed by atoms with Crippen LogP contribution in [0.5, 0.6) is 5.75 Å². The molecule has 0 aliphatic heterocycles. The Morgan fingerprint density at radius 3 is 2.75 bits per heavy atom. The first kappa shape index (κ1) is 18.5. The lowest BCUT2D eigenvalue weighted by molar-refractivity contribution is -0.115. The maximum Gasteiger partial charge on any atom is 0.257 e. The molecule has 6 nitrogen and oxygen atoms in total. The van der Waals surface area contributed by atoms with Crippen LogP contribution in [0.15, 0.2) is 63.6 Å². The number of thiazole rings is 1. The number of rotatable bonds is 6. The minimum Gasteiger partial charge on any atom is -0.495 e. The largest absolute Gasteiger partial charge is 0.495 e. The molecule has 2 heterocycles. The summed E-state index contributed by atoms with van der Waals surface area (Å²) in [4.78, 5) is 23.0. The number of carbonyl (C=O) groups is 1. The highest BCUT2D eigenvalue weighted by Gasteiger charge is 2.21. The molecule has 4 rings (SSSR count). The predicted octanol–water partition coefficient (Wildman–Crippen LogP) is 5.27. The number of ether oxygens (including phenoxy) is 1. The number of hydrogen-bond acceptors (Lipinski definition) is 7. The first-order valence-electron chi connectivity index (χ1n) is 8.52. The van der Waals surface area contributed by atoms with Gasteiger partial charge < -0.3 is 9.15 Å². The van der Waals surface area contributed by atoms with Gasteiger partial charge in [0.25, 0.3) is 5.22 Å². The Balaban J connectivity index is 1.54. The second-order valence-corrected chi connectivity index (χ2v) is 7.65. The number of carbonyl (C=O) groups excluding carboxylic acids is 1. The highest BCUT2D eigenvalue weighted by atomic mass is 32.2. The van der Waals surface area contributed by atoms with Crippen LogP contribution < -0.4 is 9.64 Å². The molecule has 0 radical (unpaired) electrons. The van der Waals surface area contributed by atoms with Crippen LogP contribution in [0, 0.1) is 0 Å². The van der Waals surface area contributed by atoms with Gasteiger partial charge in [0.1, 0.15) is 11.3 Å². The highest BCUT2D eigenvalue weighted by molar-refractivity contribution is 7.98. The summed E-state index contributed by atoms with van der Waals surface area (Å²) in [5.41, 5.74) is 3.13. The summed E-state index contributed by atoms with van der Waals surface area (Å²) < 4.78 is 11.1. The third kappa shape index (κ3) is 3.74. The lowest BCUT2D eigenvalue weighted by Gasteiger charge is -2.20. The standard InChI is InChI=1S/C20H17N3O3S2/c1-13(24)23(16-8-4-6-10-18(16)25-2)19-21-14(11-27-19)12-28-20-22-15-7-3-5-9-17(15)26-20/h3-11H,12H2,1-2H3. The van der Waals surface area contributed by atoms with Crippen molar-refractivity contribution in [1.29, 1.82) is 0 Å². The molecule has 0 aliphatic carbocycles. The van der Waals surface area contributed by atoms with E-state index in [9.17, 15) is 4.79 Å². The Kier molecular flexibility index (Phi) is 5.31. The van der Waals surface area contributed by atoms with E-state index in [0.717, 1.165) is 16.8 Å². The van der Waals surface area contributed by atoms with Crippen LogP contribution in [-0.2, 0) is 10.5 Å². The number of aromatic nitrogens is 2. The molecule has 1 amide bonds. The maximum atomic E-state index is 12.3. The van der Waals surface area contributed by atoms with E-state index in [1.54, 1.807) is 12.0 Å². The zero-order chi connectivity index (χ0) is 19.5. The van der Waals surface area contributed by atoms with Crippen molar-refractivity contribution in [3.63, 3.8) is 0 Å². The second kappa shape index (κ2) is 8.04. The fourth-order valence-corrected chi connectivity index (χ4v) is 4.45. The number of benzene rings is 2. The fraction of sp³-hybridized carbons (Fsp3) is 0.150. The Morgan fingerprint density at radius 2 is 1.96 bits per heavy atom. The fourth-order valence-electron chi connectivity index (χ4n) is 2.74. The minimum atomic E-state index is -0.128. The molecule has 0 bridgehead atoms. The van der Waals surface area contributed by atoms with E-state index in [2.05, 4.69) is 9.97 Å². The van der Waals surface area contributed by atoms with E-state index in [4.69, 9.17) is 9.15 Å². The van der Waals surface area contributed by atoms with Gasteiger partial charge in [-0.15, -0.1) is 11.3 Å². The molecule has 2 aromatic carbocycles. The smallest absolute Gasteiger partial charge is 0.257 e.